The second-order valence-electron chi connectivity index (χ2n) is 4.78. The molecule has 1 unspecified atom stereocenters. The summed E-state index contributed by atoms with van der Waals surface area (Å²) in [6.45, 7) is 8.19. The van der Waals surface area contributed by atoms with Gasteiger partial charge in [0.1, 0.15) is 0 Å². The minimum Gasteiger partial charge on any atom is -0.351 e. The summed E-state index contributed by atoms with van der Waals surface area (Å²) in [6.07, 6.45) is 1.47. The van der Waals surface area contributed by atoms with Crippen molar-refractivity contribution in [1.29, 1.82) is 0 Å². The highest BCUT2D eigenvalue weighted by molar-refractivity contribution is 6.33. The van der Waals surface area contributed by atoms with Gasteiger partial charge in [-0.2, -0.15) is 0 Å². The molecule has 0 aliphatic rings. The van der Waals surface area contributed by atoms with E-state index in [1.54, 1.807) is 6.07 Å². The lowest BCUT2D eigenvalue weighted by molar-refractivity contribution is -0.153. The molecule has 0 aliphatic heterocycles. The fraction of sp³-hybridized carbons (Fsp3) is 0.625. The van der Waals surface area contributed by atoms with Crippen LogP contribution >= 0.6 is 23.2 Å². The normalized spacial score (nSPS) is 12.9. The Morgan fingerprint density at radius 2 is 1.76 bits per heavy atom. The number of hydrogen-bond donors (Lipinski definition) is 1. The Bertz CT molecular complexity index is 409. The second kappa shape index (κ2) is 10.4. The van der Waals surface area contributed by atoms with Crippen LogP contribution in [0.4, 0.5) is 0 Å². The van der Waals surface area contributed by atoms with Crippen molar-refractivity contribution in [3.63, 3.8) is 0 Å². The lowest BCUT2D eigenvalue weighted by atomic mass is 10.0. The third-order valence-corrected chi connectivity index (χ3v) is 3.70. The molecule has 0 radical (unpaired) electrons. The van der Waals surface area contributed by atoms with Crippen LogP contribution in [0.3, 0.4) is 0 Å². The van der Waals surface area contributed by atoms with Crippen molar-refractivity contribution in [3.05, 3.63) is 33.8 Å². The van der Waals surface area contributed by atoms with Crippen molar-refractivity contribution in [3.8, 4) is 0 Å². The summed E-state index contributed by atoms with van der Waals surface area (Å²) in [5.74, 6) is 0. The average Bonchev–Trinajstić information content (AvgIpc) is 2.47. The van der Waals surface area contributed by atoms with Crippen LogP contribution in [0.25, 0.3) is 0 Å². The zero-order valence-corrected chi connectivity index (χ0v) is 14.5. The van der Waals surface area contributed by atoms with E-state index in [2.05, 4.69) is 12.2 Å². The van der Waals surface area contributed by atoms with Crippen molar-refractivity contribution >= 4 is 23.2 Å². The van der Waals surface area contributed by atoms with Crippen molar-refractivity contribution in [1.82, 2.24) is 5.32 Å². The third kappa shape index (κ3) is 6.54. The van der Waals surface area contributed by atoms with Gasteiger partial charge >= 0.3 is 0 Å². The molecule has 1 rings (SSSR count). The molecule has 0 amide bonds. The van der Waals surface area contributed by atoms with Gasteiger partial charge in [-0.15, -0.1) is 0 Å². The fourth-order valence-electron chi connectivity index (χ4n) is 2.14. The summed E-state index contributed by atoms with van der Waals surface area (Å²) < 4.78 is 11.4. The van der Waals surface area contributed by atoms with Crippen LogP contribution in [0.15, 0.2) is 18.2 Å². The smallest absolute Gasteiger partial charge is 0.172 e. The molecule has 0 saturated carbocycles. The maximum absolute atomic E-state index is 6.27. The first kappa shape index (κ1) is 18.7. The molecule has 0 heterocycles. The van der Waals surface area contributed by atoms with E-state index >= 15 is 0 Å². The highest BCUT2D eigenvalue weighted by Gasteiger charge is 2.23. The standard InChI is InChI=1S/C16H25Cl2NO2/c1-4-9-19-15(16(20-5-2)21-6-3)11-12-10-13(17)7-8-14(12)18/h7-8,10,15-16,19H,4-6,9,11H2,1-3H3. The molecule has 21 heavy (non-hydrogen) atoms. The van der Waals surface area contributed by atoms with Gasteiger partial charge < -0.3 is 14.8 Å². The van der Waals surface area contributed by atoms with Gasteiger partial charge in [-0.25, -0.2) is 0 Å². The number of benzene rings is 1. The number of hydrogen-bond acceptors (Lipinski definition) is 3. The first-order valence-electron chi connectivity index (χ1n) is 7.52. The minimum atomic E-state index is -0.290. The molecule has 0 bridgehead atoms. The molecule has 5 heteroatoms. The SMILES string of the molecule is CCCNC(Cc1cc(Cl)ccc1Cl)C(OCC)OCC. The quantitative estimate of drug-likeness (QED) is 0.647. The summed E-state index contributed by atoms with van der Waals surface area (Å²) in [5, 5.41) is 4.89. The van der Waals surface area contributed by atoms with Crippen molar-refractivity contribution < 1.29 is 9.47 Å². The molecule has 0 spiro atoms. The second-order valence-corrected chi connectivity index (χ2v) is 5.62. The summed E-state index contributed by atoms with van der Waals surface area (Å²) in [4.78, 5) is 0. The van der Waals surface area contributed by atoms with Gasteiger partial charge in [-0.1, -0.05) is 30.1 Å². The maximum Gasteiger partial charge on any atom is 0.172 e. The molecule has 0 saturated heterocycles. The summed E-state index contributed by atoms with van der Waals surface area (Å²) in [5.41, 5.74) is 1.00. The summed E-state index contributed by atoms with van der Waals surface area (Å²) in [7, 11) is 0. The van der Waals surface area contributed by atoms with Gasteiger partial charge in [-0.05, 0) is 57.0 Å². The molecular formula is C16H25Cl2NO2. The van der Waals surface area contributed by atoms with E-state index in [4.69, 9.17) is 32.7 Å². The molecular weight excluding hydrogens is 309 g/mol. The third-order valence-electron chi connectivity index (χ3n) is 3.09. The summed E-state index contributed by atoms with van der Waals surface area (Å²) in [6, 6.07) is 5.57. The predicted octanol–water partition coefficient (Wildman–Crippen LogP) is 4.30. The molecule has 1 N–H and O–H groups in total. The number of rotatable bonds is 10. The van der Waals surface area contributed by atoms with Crippen LogP contribution in [-0.4, -0.2) is 32.1 Å². The largest absolute Gasteiger partial charge is 0.351 e. The van der Waals surface area contributed by atoms with Crippen molar-refractivity contribution in [2.75, 3.05) is 19.8 Å². The van der Waals surface area contributed by atoms with E-state index in [0.29, 0.717) is 24.7 Å². The molecule has 0 aromatic heterocycles. The summed E-state index contributed by atoms with van der Waals surface area (Å²) >= 11 is 12.3. The van der Waals surface area contributed by atoms with E-state index in [9.17, 15) is 0 Å². The highest BCUT2D eigenvalue weighted by Crippen LogP contribution is 2.23. The lowest BCUT2D eigenvalue weighted by Gasteiger charge is -2.28. The Morgan fingerprint density at radius 1 is 1.10 bits per heavy atom. The van der Waals surface area contributed by atoms with Crippen LogP contribution in [0.5, 0.6) is 0 Å². The lowest BCUT2D eigenvalue weighted by Crippen LogP contribution is -2.45. The van der Waals surface area contributed by atoms with Gasteiger partial charge in [0.25, 0.3) is 0 Å². The molecule has 3 nitrogen and oxygen atoms in total. The van der Waals surface area contributed by atoms with Gasteiger partial charge in [0, 0.05) is 23.3 Å². The molecule has 120 valence electrons. The van der Waals surface area contributed by atoms with Gasteiger partial charge in [-0.3, -0.25) is 0 Å². The Hall–Kier alpha value is -0.320. The Labute approximate surface area is 137 Å². The maximum atomic E-state index is 6.27. The molecule has 0 aliphatic carbocycles. The first-order valence-corrected chi connectivity index (χ1v) is 8.28. The molecule has 0 fully saturated rings. The van der Waals surface area contributed by atoms with E-state index in [-0.39, 0.29) is 12.3 Å². The van der Waals surface area contributed by atoms with E-state index < -0.39 is 0 Å². The Balaban J connectivity index is 2.86. The van der Waals surface area contributed by atoms with E-state index in [1.165, 1.54) is 0 Å². The van der Waals surface area contributed by atoms with Crippen molar-refractivity contribution in [2.45, 2.75) is 45.9 Å². The number of ether oxygens (including phenoxy) is 2. The van der Waals surface area contributed by atoms with Crippen LogP contribution in [-0.2, 0) is 15.9 Å². The van der Waals surface area contributed by atoms with Crippen LogP contribution in [0.2, 0.25) is 10.0 Å². The molecule has 1 atom stereocenters. The van der Waals surface area contributed by atoms with Crippen molar-refractivity contribution in [2.24, 2.45) is 0 Å². The number of halogens is 2. The van der Waals surface area contributed by atoms with Gasteiger partial charge in [0.05, 0.1) is 6.04 Å². The Kier molecular flexibility index (Phi) is 9.29. The molecule has 1 aromatic carbocycles. The number of nitrogens with one attached hydrogen (secondary N) is 1. The van der Waals surface area contributed by atoms with Crippen LogP contribution in [0, 0.1) is 0 Å². The minimum absolute atomic E-state index is 0.0424. The fourth-order valence-corrected chi connectivity index (χ4v) is 2.53. The van der Waals surface area contributed by atoms with Crippen LogP contribution in [0.1, 0.15) is 32.8 Å². The monoisotopic (exact) mass is 333 g/mol. The van der Waals surface area contributed by atoms with E-state index in [1.807, 2.05) is 26.0 Å². The van der Waals surface area contributed by atoms with Crippen LogP contribution < -0.4 is 5.32 Å². The average molecular weight is 334 g/mol. The van der Waals surface area contributed by atoms with Gasteiger partial charge in [0.15, 0.2) is 6.29 Å². The highest BCUT2D eigenvalue weighted by atomic mass is 35.5. The zero-order valence-electron chi connectivity index (χ0n) is 13.0. The Morgan fingerprint density at radius 3 is 2.33 bits per heavy atom. The topological polar surface area (TPSA) is 30.5 Å². The predicted molar refractivity (Wildman–Crippen MR) is 89.3 cm³/mol. The zero-order chi connectivity index (χ0) is 15.7. The first-order chi connectivity index (χ1) is 10.1. The van der Waals surface area contributed by atoms with E-state index in [0.717, 1.165) is 23.6 Å². The molecule has 1 aromatic rings. The van der Waals surface area contributed by atoms with Gasteiger partial charge in [0.2, 0.25) is 0 Å².